The average molecular weight is 378 g/mol. The fourth-order valence-electron chi connectivity index (χ4n) is 2.99. The Bertz CT molecular complexity index is 519. The van der Waals surface area contributed by atoms with Crippen LogP contribution in [0.5, 0.6) is 0 Å². The molecule has 0 amide bonds. The van der Waals surface area contributed by atoms with Gasteiger partial charge in [0.05, 0.1) is 0 Å². The molecule has 0 radical (unpaired) electrons. The first-order chi connectivity index (χ1) is 7.95. The van der Waals surface area contributed by atoms with E-state index in [1.165, 1.54) is 17.6 Å². The molecule has 19 heavy (non-hydrogen) atoms. The second-order valence-electron chi connectivity index (χ2n) is 5.31. The van der Waals surface area contributed by atoms with Crippen LogP contribution >= 0.6 is 24.8 Å². The van der Waals surface area contributed by atoms with Gasteiger partial charge in [-0.1, -0.05) is 0 Å². The summed E-state index contributed by atoms with van der Waals surface area (Å²) in [5.74, 6) is 0.655. The fraction of sp³-hybridized carbons (Fsp3) is 0.438. The molecule has 0 bridgehead atoms. The first-order valence-corrected chi connectivity index (χ1v) is 10.6. The third-order valence-corrected chi connectivity index (χ3v) is 11.3. The van der Waals surface area contributed by atoms with Crippen molar-refractivity contribution in [1.82, 2.24) is 0 Å². The van der Waals surface area contributed by atoms with Gasteiger partial charge in [0.15, 0.2) is 0 Å². The molecule has 2 rings (SSSR count). The summed E-state index contributed by atoms with van der Waals surface area (Å²) in [7, 11) is 0. The van der Waals surface area contributed by atoms with E-state index in [0.717, 1.165) is 0 Å². The molecule has 0 saturated heterocycles. The average Bonchev–Trinajstić information content (AvgIpc) is 2.79. The summed E-state index contributed by atoms with van der Waals surface area (Å²) in [5.41, 5.74) is 6.16. The van der Waals surface area contributed by atoms with Gasteiger partial charge in [0.25, 0.3) is 0 Å². The summed E-state index contributed by atoms with van der Waals surface area (Å²) in [6, 6.07) is 0. The van der Waals surface area contributed by atoms with Crippen molar-refractivity contribution in [2.75, 3.05) is 0 Å². The predicted octanol–water partition coefficient (Wildman–Crippen LogP) is 5.37. The molecule has 0 spiro atoms. The molecule has 0 nitrogen and oxygen atoms in total. The molecule has 2 aliphatic rings. The number of halogens is 2. The van der Waals surface area contributed by atoms with Gasteiger partial charge in [-0.25, -0.2) is 0 Å². The topological polar surface area (TPSA) is 0 Å². The zero-order valence-corrected chi connectivity index (χ0v) is 16.6. The number of allylic oxidation sites excluding steroid dienone is 8. The molecule has 0 heterocycles. The van der Waals surface area contributed by atoms with Crippen molar-refractivity contribution in [3.05, 3.63) is 41.0 Å². The van der Waals surface area contributed by atoms with Crippen LogP contribution in [0.2, 0.25) is 0 Å². The molecule has 0 aromatic carbocycles. The molecule has 0 saturated carbocycles. The molecule has 1 unspecified atom stereocenters. The molecule has 0 aliphatic heterocycles. The van der Waals surface area contributed by atoms with Gasteiger partial charge in [-0.05, 0) is 0 Å². The van der Waals surface area contributed by atoms with E-state index in [2.05, 4.69) is 51.0 Å². The second-order valence-corrected chi connectivity index (χ2v) is 10.5. The third kappa shape index (κ3) is 3.31. The maximum absolute atomic E-state index is 4.64. The van der Waals surface area contributed by atoms with Gasteiger partial charge in [-0.3, -0.25) is 0 Å². The van der Waals surface area contributed by atoms with Gasteiger partial charge < -0.3 is 0 Å². The van der Waals surface area contributed by atoms with E-state index in [1.54, 1.807) is 17.7 Å². The third-order valence-electron chi connectivity index (χ3n) is 4.50. The first-order valence-electron chi connectivity index (χ1n) is 6.39. The fourth-order valence-corrected chi connectivity index (χ4v) is 9.45. The Kier molecular flexibility index (Phi) is 7.46. The van der Waals surface area contributed by atoms with Crippen molar-refractivity contribution < 1.29 is 21.3 Å². The van der Waals surface area contributed by atoms with Gasteiger partial charge >= 0.3 is 113 Å². The van der Waals surface area contributed by atoms with E-state index in [9.17, 15) is 0 Å². The minimum atomic E-state index is -1.78. The maximum atomic E-state index is 4.64. The monoisotopic (exact) mass is 376 g/mol. The van der Waals surface area contributed by atoms with E-state index < -0.39 is 21.3 Å². The summed E-state index contributed by atoms with van der Waals surface area (Å²) in [6.07, 6.45) is 5.76. The quantitative estimate of drug-likeness (QED) is 0.606. The molecule has 0 aromatic heterocycles. The molecule has 3 heteroatoms. The molecular formula is C16H24Cl2Zr. The van der Waals surface area contributed by atoms with Crippen LogP contribution in [0.3, 0.4) is 0 Å². The van der Waals surface area contributed by atoms with Crippen LogP contribution < -0.4 is 0 Å². The van der Waals surface area contributed by atoms with E-state index >= 15 is 0 Å². The first kappa shape index (κ1) is 19.3. The number of hydrogen-bond acceptors (Lipinski definition) is 0. The van der Waals surface area contributed by atoms with Crippen LogP contribution in [0.15, 0.2) is 41.0 Å². The van der Waals surface area contributed by atoms with E-state index in [1.807, 2.05) is 0 Å². The summed E-state index contributed by atoms with van der Waals surface area (Å²) in [6.45, 7) is 11.5. The Morgan fingerprint density at radius 1 is 1.11 bits per heavy atom. The van der Waals surface area contributed by atoms with Gasteiger partial charge in [0.1, 0.15) is 0 Å². The Morgan fingerprint density at radius 2 is 1.68 bits per heavy atom. The van der Waals surface area contributed by atoms with Gasteiger partial charge in [-0.2, -0.15) is 0 Å². The van der Waals surface area contributed by atoms with E-state index in [0.29, 0.717) is 5.92 Å². The second kappa shape index (κ2) is 7.34. The Morgan fingerprint density at radius 3 is 2.05 bits per heavy atom. The Labute approximate surface area is 137 Å². The number of rotatable bonds is 2. The van der Waals surface area contributed by atoms with Crippen molar-refractivity contribution in [1.29, 1.82) is 0 Å². The summed E-state index contributed by atoms with van der Waals surface area (Å²) in [5, 5.41) is 0. The Balaban J connectivity index is 0.00000162. The molecule has 0 fully saturated rings. The van der Waals surface area contributed by atoms with Crippen LogP contribution in [-0.2, 0) is 21.3 Å². The minimum absolute atomic E-state index is 0. The van der Waals surface area contributed by atoms with Crippen molar-refractivity contribution in [2.45, 2.75) is 41.0 Å². The zero-order valence-electron chi connectivity index (χ0n) is 12.5. The van der Waals surface area contributed by atoms with Gasteiger partial charge in [-0.15, -0.1) is 24.8 Å². The number of hydrogen-bond donors (Lipinski definition) is 0. The van der Waals surface area contributed by atoms with E-state index in [-0.39, 0.29) is 24.8 Å². The van der Waals surface area contributed by atoms with Crippen LogP contribution in [0.1, 0.15) is 41.0 Å². The normalized spacial score (nSPS) is 21.8. The zero-order chi connectivity index (χ0) is 12.7. The standard InChI is InChI=1S/C9H13.C6H7.CH2.2ClH.Zr/c1-6-5-7(2)9(4)8(6)3;1-6-4-2-3-5-6;;;;/h6H,1-4H3;2,4H,3H2,1H3;1H2;2*1H;. The van der Waals surface area contributed by atoms with Crippen LogP contribution in [0, 0.1) is 5.92 Å². The Hall–Kier alpha value is 0.293. The van der Waals surface area contributed by atoms with Crippen LogP contribution in [0.4, 0.5) is 0 Å². The summed E-state index contributed by atoms with van der Waals surface area (Å²) < 4.78 is 8.08. The molecule has 2 aliphatic carbocycles. The SMILES string of the molecule is Cl.Cl.[CH2]=[Zr]([C]1=C(C)C=CC1)[C]1=C(C)C(C)=C(C)C1C. The molecule has 0 N–H and O–H groups in total. The summed E-state index contributed by atoms with van der Waals surface area (Å²) >= 11 is -1.78. The molecule has 0 aromatic rings. The summed E-state index contributed by atoms with van der Waals surface area (Å²) in [4.78, 5) is 0. The molecule has 106 valence electrons. The van der Waals surface area contributed by atoms with E-state index in [4.69, 9.17) is 0 Å². The predicted molar refractivity (Wildman–Crippen MR) is 88.3 cm³/mol. The van der Waals surface area contributed by atoms with Crippen molar-refractivity contribution >= 4 is 29.0 Å². The van der Waals surface area contributed by atoms with Crippen molar-refractivity contribution in [2.24, 2.45) is 5.92 Å². The van der Waals surface area contributed by atoms with Crippen molar-refractivity contribution in [3.63, 3.8) is 0 Å². The molecule has 1 atom stereocenters. The van der Waals surface area contributed by atoms with Crippen molar-refractivity contribution in [3.8, 4) is 0 Å². The van der Waals surface area contributed by atoms with Crippen LogP contribution in [0.25, 0.3) is 0 Å². The van der Waals surface area contributed by atoms with Gasteiger partial charge in [0, 0.05) is 0 Å². The van der Waals surface area contributed by atoms with Crippen LogP contribution in [-0.4, -0.2) is 4.21 Å². The molecular weight excluding hydrogens is 354 g/mol. The van der Waals surface area contributed by atoms with Gasteiger partial charge in [0.2, 0.25) is 0 Å².